The zero-order valence-corrected chi connectivity index (χ0v) is 13.3. The van der Waals surface area contributed by atoms with E-state index in [0.717, 1.165) is 44.9 Å². The molecular formula is C20H29O. The van der Waals surface area contributed by atoms with Crippen LogP contribution in [0, 0.1) is 0 Å². The standard InChI is InChI=1S/C20H29O/c1-2-3-4-5-6-7-8-9-10-11-12-13-14-15-16-17-18-19-20-21/h3-4,6-7,9-10,12-13,15-16H,2,5,8,11,14,17-19H2,1H3. The van der Waals surface area contributed by atoms with Gasteiger partial charge in [0.2, 0.25) is 0 Å². The average Bonchev–Trinajstić information content (AvgIpc) is 2.50. The summed E-state index contributed by atoms with van der Waals surface area (Å²) in [6, 6.07) is 0. The molecule has 0 unspecified atom stereocenters. The molecule has 0 aliphatic rings. The first-order chi connectivity index (χ1) is 10.4. The van der Waals surface area contributed by atoms with E-state index < -0.39 is 0 Å². The topological polar surface area (TPSA) is 17.1 Å². The van der Waals surface area contributed by atoms with Crippen molar-refractivity contribution >= 4 is 6.29 Å². The van der Waals surface area contributed by atoms with Gasteiger partial charge in [-0.15, -0.1) is 0 Å². The number of carbonyl (C=O) groups excluding carboxylic acids is 1. The van der Waals surface area contributed by atoms with Crippen LogP contribution in [0.4, 0.5) is 0 Å². The Morgan fingerprint density at radius 1 is 0.667 bits per heavy atom. The molecule has 0 heterocycles. The van der Waals surface area contributed by atoms with E-state index in [1.165, 1.54) is 0 Å². The molecule has 0 bridgehead atoms. The third-order valence-electron chi connectivity index (χ3n) is 2.81. The molecular weight excluding hydrogens is 256 g/mol. The van der Waals surface area contributed by atoms with Gasteiger partial charge in [0, 0.05) is 6.42 Å². The zero-order chi connectivity index (χ0) is 15.4. The molecule has 0 aromatic carbocycles. The van der Waals surface area contributed by atoms with Gasteiger partial charge in [-0.2, -0.15) is 0 Å². The first-order valence-corrected chi connectivity index (χ1v) is 8.01. The van der Waals surface area contributed by atoms with Crippen LogP contribution in [0.25, 0.3) is 0 Å². The maximum absolute atomic E-state index is 9.99. The van der Waals surface area contributed by atoms with Crippen LogP contribution in [-0.4, -0.2) is 6.29 Å². The van der Waals surface area contributed by atoms with Crippen molar-refractivity contribution in [2.45, 2.75) is 58.3 Å². The van der Waals surface area contributed by atoms with Crippen molar-refractivity contribution in [3.8, 4) is 0 Å². The molecule has 0 fully saturated rings. The molecule has 0 atom stereocenters. The van der Waals surface area contributed by atoms with Crippen molar-refractivity contribution in [2.24, 2.45) is 0 Å². The number of rotatable bonds is 13. The SMILES string of the molecule is CCC=CCC=CCC=CCC=CCC=CCCC[C]=O. The van der Waals surface area contributed by atoms with Gasteiger partial charge >= 0.3 is 0 Å². The maximum Gasteiger partial charge on any atom is 0.198 e. The predicted octanol–water partition coefficient (Wildman–Crippen LogP) is 6.02. The molecule has 1 heteroatoms. The number of allylic oxidation sites excluding steroid dienone is 10. The van der Waals surface area contributed by atoms with Crippen molar-refractivity contribution in [1.29, 1.82) is 0 Å². The number of hydrogen-bond acceptors (Lipinski definition) is 1. The summed E-state index contributed by atoms with van der Waals surface area (Å²) in [7, 11) is 0. The van der Waals surface area contributed by atoms with Crippen molar-refractivity contribution in [2.75, 3.05) is 0 Å². The fraction of sp³-hybridized carbons (Fsp3) is 0.450. The van der Waals surface area contributed by atoms with E-state index >= 15 is 0 Å². The van der Waals surface area contributed by atoms with E-state index in [2.05, 4.69) is 67.7 Å². The third-order valence-corrected chi connectivity index (χ3v) is 2.81. The summed E-state index contributed by atoms with van der Waals surface area (Å²) in [6.07, 6.45) is 31.4. The van der Waals surface area contributed by atoms with E-state index in [4.69, 9.17) is 0 Å². The van der Waals surface area contributed by atoms with Crippen molar-refractivity contribution < 1.29 is 4.79 Å². The predicted molar refractivity (Wildman–Crippen MR) is 94.0 cm³/mol. The summed E-state index contributed by atoms with van der Waals surface area (Å²) in [5.41, 5.74) is 0. The molecule has 0 saturated carbocycles. The van der Waals surface area contributed by atoms with Crippen LogP contribution in [0.15, 0.2) is 60.8 Å². The highest BCUT2D eigenvalue weighted by atomic mass is 16.1. The van der Waals surface area contributed by atoms with Gasteiger partial charge in [0.15, 0.2) is 6.29 Å². The Kier molecular flexibility index (Phi) is 16.9. The van der Waals surface area contributed by atoms with Gasteiger partial charge in [0.05, 0.1) is 0 Å². The van der Waals surface area contributed by atoms with Crippen molar-refractivity contribution in [1.82, 2.24) is 0 Å². The highest BCUT2D eigenvalue weighted by Gasteiger charge is 1.81. The van der Waals surface area contributed by atoms with Gasteiger partial charge in [-0.25, -0.2) is 0 Å². The lowest BCUT2D eigenvalue weighted by molar-refractivity contribution is 0.549. The van der Waals surface area contributed by atoms with E-state index in [9.17, 15) is 4.79 Å². The van der Waals surface area contributed by atoms with Gasteiger partial charge in [0.25, 0.3) is 0 Å². The second-order valence-electron chi connectivity index (χ2n) is 4.74. The monoisotopic (exact) mass is 285 g/mol. The lowest BCUT2D eigenvalue weighted by atomic mass is 10.2. The minimum Gasteiger partial charge on any atom is -0.291 e. The van der Waals surface area contributed by atoms with Crippen LogP contribution >= 0.6 is 0 Å². The summed E-state index contributed by atoms with van der Waals surface area (Å²) in [4.78, 5) is 9.99. The molecule has 1 radical (unpaired) electrons. The number of hydrogen-bond donors (Lipinski definition) is 0. The molecule has 0 saturated heterocycles. The molecule has 115 valence electrons. The fourth-order valence-corrected chi connectivity index (χ4v) is 1.66. The summed E-state index contributed by atoms with van der Waals surface area (Å²) in [6.45, 7) is 2.15. The van der Waals surface area contributed by atoms with Crippen LogP contribution in [0.2, 0.25) is 0 Å². The Morgan fingerprint density at radius 2 is 1.10 bits per heavy atom. The van der Waals surface area contributed by atoms with Gasteiger partial charge in [-0.3, -0.25) is 4.79 Å². The van der Waals surface area contributed by atoms with Crippen LogP contribution in [-0.2, 0) is 4.79 Å². The van der Waals surface area contributed by atoms with Crippen molar-refractivity contribution in [3.63, 3.8) is 0 Å². The van der Waals surface area contributed by atoms with Gasteiger partial charge in [-0.05, 0) is 44.9 Å². The molecule has 0 aromatic rings. The minimum atomic E-state index is 0.550. The lowest BCUT2D eigenvalue weighted by Gasteiger charge is -1.87. The van der Waals surface area contributed by atoms with Gasteiger partial charge < -0.3 is 0 Å². The first kappa shape index (κ1) is 19.4. The molecule has 0 spiro atoms. The second kappa shape index (κ2) is 18.4. The van der Waals surface area contributed by atoms with Crippen LogP contribution < -0.4 is 0 Å². The molecule has 1 nitrogen and oxygen atoms in total. The normalized spacial score (nSPS) is 12.8. The highest BCUT2D eigenvalue weighted by molar-refractivity contribution is 5.50. The van der Waals surface area contributed by atoms with E-state index in [0.29, 0.717) is 6.42 Å². The minimum absolute atomic E-state index is 0.550. The Balaban J connectivity index is 3.43. The Hall–Kier alpha value is -1.63. The largest absolute Gasteiger partial charge is 0.291 e. The maximum atomic E-state index is 9.99. The van der Waals surface area contributed by atoms with Crippen LogP contribution in [0.3, 0.4) is 0 Å². The van der Waals surface area contributed by atoms with E-state index in [1.54, 1.807) is 0 Å². The summed E-state index contributed by atoms with van der Waals surface area (Å²) in [5, 5.41) is 0. The Labute approximate surface area is 130 Å². The quantitative estimate of drug-likeness (QED) is 0.299. The molecule has 0 N–H and O–H groups in total. The lowest BCUT2D eigenvalue weighted by Crippen LogP contribution is -1.73. The van der Waals surface area contributed by atoms with Crippen LogP contribution in [0.5, 0.6) is 0 Å². The summed E-state index contributed by atoms with van der Waals surface area (Å²) >= 11 is 0. The van der Waals surface area contributed by atoms with Gasteiger partial charge in [-0.1, -0.05) is 67.7 Å². The molecule has 0 aliphatic heterocycles. The Morgan fingerprint density at radius 3 is 1.52 bits per heavy atom. The third kappa shape index (κ3) is 18.4. The molecule has 0 aromatic heterocycles. The zero-order valence-electron chi connectivity index (χ0n) is 13.3. The molecule has 21 heavy (non-hydrogen) atoms. The highest BCUT2D eigenvalue weighted by Crippen LogP contribution is 1.97. The number of unbranched alkanes of at least 4 members (excludes halogenated alkanes) is 2. The van der Waals surface area contributed by atoms with Gasteiger partial charge in [0.1, 0.15) is 0 Å². The first-order valence-electron chi connectivity index (χ1n) is 8.01. The molecule has 0 amide bonds. The smallest absolute Gasteiger partial charge is 0.198 e. The van der Waals surface area contributed by atoms with E-state index in [-0.39, 0.29) is 0 Å². The molecule has 0 rings (SSSR count). The fourth-order valence-electron chi connectivity index (χ4n) is 1.66. The summed E-state index contributed by atoms with van der Waals surface area (Å²) in [5.74, 6) is 0. The van der Waals surface area contributed by atoms with Crippen molar-refractivity contribution in [3.05, 3.63) is 60.8 Å². The average molecular weight is 285 g/mol. The summed E-state index contributed by atoms with van der Waals surface area (Å²) < 4.78 is 0. The second-order valence-corrected chi connectivity index (χ2v) is 4.74. The Bertz CT molecular complexity index is 356. The van der Waals surface area contributed by atoms with Crippen LogP contribution in [0.1, 0.15) is 58.3 Å². The van der Waals surface area contributed by atoms with E-state index in [1.807, 2.05) is 6.29 Å². The molecule has 0 aliphatic carbocycles.